The molecule has 16 heavy (non-hydrogen) atoms. The maximum atomic E-state index is 11.8. The van der Waals surface area contributed by atoms with E-state index in [1.165, 1.54) is 20.4 Å². The van der Waals surface area contributed by atoms with Crippen molar-refractivity contribution in [3.8, 4) is 0 Å². The first-order valence-corrected chi connectivity index (χ1v) is 6.64. The van der Waals surface area contributed by atoms with E-state index in [0.717, 1.165) is 0 Å². The lowest BCUT2D eigenvalue weighted by Gasteiger charge is -2.12. The number of halogens is 1. The minimum absolute atomic E-state index is 0.130. The Morgan fingerprint density at radius 2 is 2.19 bits per heavy atom. The predicted octanol–water partition coefficient (Wildman–Crippen LogP) is 1.82. The summed E-state index contributed by atoms with van der Waals surface area (Å²) in [5, 5.41) is 6.28. The average molecular weight is 267 g/mol. The smallest absolute Gasteiger partial charge is 0.312 e. The van der Waals surface area contributed by atoms with E-state index in [1.807, 2.05) is 0 Å². The van der Waals surface area contributed by atoms with Crippen molar-refractivity contribution in [1.82, 2.24) is 10.2 Å². The number of nitrogens with zero attached hydrogens (tertiary/aromatic N) is 1. The number of H-pyrrole nitrogens is 1. The Morgan fingerprint density at radius 3 is 2.69 bits per heavy atom. The van der Waals surface area contributed by atoms with E-state index in [4.69, 9.17) is 11.6 Å². The van der Waals surface area contributed by atoms with E-state index in [2.05, 4.69) is 19.2 Å². The zero-order valence-electron chi connectivity index (χ0n) is 8.90. The molecule has 0 unspecified atom stereocenters. The van der Waals surface area contributed by atoms with Crippen molar-refractivity contribution in [3.05, 3.63) is 17.5 Å². The lowest BCUT2D eigenvalue weighted by Crippen LogP contribution is -2.09. The lowest BCUT2D eigenvalue weighted by atomic mass is 10.2. The van der Waals surface area contributed by atoms with Crippen LogP contribution in [0, 0.1) is 0 Å². The molecule has 1 aromatic rings. The molecule has 0 spiro atoms. The second-order valence-corrected chi connectivity index (χ2v) is 5.49. The number of ketones is 1. The molecule has 8 heteroatoms. The molecule has 0 aliphatic carbocycles. The highest BCUT2D eigenvalue weighted by molar-refractivity contribution is 7.54. The van der Waals surface area contributed by atoms with Gasteiger partial charge in [0, 0.05) is 14.2 Å². The van der Waals surface area contributed by atoms with Gasteiger partial charge in [-0.1, -0.05) is 0 Å². The summed E-state index contributed by atoms with van der Waals surface area (Å²) in [6.07, 6.45) is 1.01. The number of carbonyl (C=O) groups is 1. The Bertz CT molecular complexity index is 412. The third-order valence-electron chi connectivity index (χ3n) is 2.05. The highest BCUT2D eigenvalue weighted by atomic mass is 35.5. The molecule has 1 heterocycles. The molecule has 0 saturated carbocycles. The van der Waals surface area contributed by atoms with Crippen LogP contribution in [0.1, 0.15) is 16.1 Å². The van der Waals surface area contributed by atoms with Gasteiger partial charge in [0.15, 0.2) is 5.78 Å². The molecule has 0 aliphatic heterocycles. The summed E-state index contributed by atoms with van der Waals surface area (Å²) >= 11 is 5.60. The van der Waals surface area contributed by atoms with Crippen molar-refractivity contribution in [2.24, 2.45) is 0 Å². The van der Waals surface area contributed by atoms with Gasteiger partial charge >= 0.3 is 7.60 Å². The van der Waals surface area contributed by atoms with E-state index in [9.17, 15) is 9.36 Å². The molecule has 6 nitrogen and oxygen atoms in total. The third-order valence-corrected chi connectivity index (χ3v) is 4.10. The van der Waals surface area contributed by atoms with Crippen molar-refractivity contribution in [2.75, 3.05) is 20.4 Å². The fourth-order valence-corrected chi connectivity index (χ4v) is 2.25. The first-order valence-electron chi connectivity index (χ1n) is 4.38. The molecule has 0 amide bonds. The normalized spacial score (nSPS) is 11.7. The summed E-state index contributed by atoms with van der Waals surface area (Å²) in [5.74, 6) is -0.248. The zero-order chi connectivity index (χ0) is 12.2. The summed E-state index contributed by atoms with van der Waals surface area (Å²) in [6, 6.07) is 0. The van der Waals surface area contributed by atoms with E-state index in [-0.39, 0.29) is 17.8 Å². The number of aromatic nitrogens is 2. The largest absolute Gasteiger partial charge is 0.337 e. The van der Waals surface area contributed by atoms with Gasteiger partial charge in [0.1, 0.15) is 6.16 Å². The van der Waals surface area contributed by atoms with Gasteiger partial charge in [0.05, 0.1) is 23.3 Å². The lowest BCUT2D eigenvalue weighted by molar-refractivity contribution is 0.101. The second-order valence-electron chi connectivity index (χ2n) is 2.95. The molecule has 90 valence electrons. The fourth-order valence-electron chi connectivity index (χ4n) is 1.12. The van der Waals surface area contributed by atoms with Crippen molar-refractivity contribution in [1.29, 1.82) is 0 Å². The van der Waals surface area contributed by atoms with Crippen LogP contribution >= 0.6 is 19.2 Å². The minimum Gasteiger partial charge on any atom is -0.312 e. The molecule has 0 aliphatic rings. The van der Waals surface area contributed by atoms with Crippen molar-refractivity contribution < 1.29 is 18.4 Å². The number of rotatable bonds is 6. The summed E-state index contributed by atoms with van der Waals surface area (Å²) in [6.45, 7) is 0. The Morgan fingerprint density at radius 1 is 1.56 bits per heavy atom. The Balaban J connectivity index is 2.84. The summed E-state index contributed by atoms with van der Waals surface area (Å²) in [5.41, 5.74) is 0.801. The number of hydrogen-bond acceptors (Lipinski definition) is 5. The van der Waals surface area contributed by atoms with Gasteiger partial charge in [0.25, 0.3) is 0 Å². The molecule has 0 aromatic carbocycles. The first kappa shape index (κ1) is 13.4. The number of Topliss-reactive ketones (excluding diaryl/α,β-unsaturated/α-hetero) is 1. The first-order chi connectivity index (χ1) is 7.56. The molecule has 0 atom stereocenters. The molecule has 1 rings (SSSR count). The van der Waals surface area contributed by atoms with Crippen LogP contribution in [-0.4, -0.2) is 36.4 Å². The van der Waals surface area contributed by atoms with Gasteiger partial charge in [-0.3, -0.25) is 14.5 Å². The zero-order valence-corrected chi connectivity index (χ0v) is 10.5. The highest BCUT2D eigenvalue weighted by Crippen LogP contribution is 2.46. The highest BCUT2D eigenvalue weighted by Gasteiger charge is 2.27. The van der Waals surface area contributed by atoms with Gasteiger partial charge in [-0.15, -0.1) is 11.6 Å². The topological polar surface area (TPSA) is 81.3 Å². The van der Waals surface area contributed by atoms with Gasteiger partial charge in [-0.25, -0.2) is 0 Å². The number of alkyl halides is 1. The van der Waals surface area contributed by atoms with Crippen LogP contribution < -0.4 is 0 Å². The molecular weight excluding hydrogens is 255 g/mol. The number of nitrogens with one attached hydrogen (secondary N) is 1. The van der Waals surface area contributed by atoms with Crippen LogP contribution in [-0.2, 0) is 19.5 Å². The van der Waals surface area contributed by atoms with E-state index >= 15 is 0 Å². The predicted molar refractivity (Wildman–Crippen MR) is 59.0 cm³/mol. The van der Waals surface area contributed by atoms with Crippen LogP contribution in [0.2, 0.25) is 0 Å². The van der Waals surface area contributed by atoms with Gasteiger partial charge in [0.2, 0.25) is 0 Å². The van der Waals surface area contributed by atoms with Gasteiger partial charge in [-0.2, -0.15) is 5.10 Å². The summed E-state index contributed by atoms with van der Waals surface area (Å²) < 4.78 is 21.1. The molecular formula is C8H12ClN2O4P. The Hall–Kier alpha value is -0.680. The average Bonchev–Trinajstić information content (AvgIpc) is 2.76. The Labute approximate surface area is 97.8 Å². The van der Waals surface area contributed by atoms with Crippen LogP contribution in [0.3, 0.4) is 0 Å². The van der Waals surface area contributed by atoms with Crippen LogP contribution in [0.5, 0.6) is 0 Å². The van der Waals surface area contributed by atoms with Crippen LogP contribution in [0.25, 0.3) is 0 Å². The van der Waals surface area contributed by atoms with Crippen molar-refractivity contribution in [3.63, 3.8) is 0 Å². The van der Waals surface area contributed by atoms with E-state index in [0.29, 0.717) is 11.3 Å². The van der Waals surface area contributed by atoms with Crippen LogP contribution in [0.15, 0.2) is 6.20 Å². The minimum atomic E-state index is -3.34. The number of carbonyl (C=O) groups excluding carboxylic acids is 1. The summed E-state index contributed by atoms with van der Waals surface area (Å²) in [7, 11) is -0.880. The van der Waals surface area contributed by atoms with Gasteiger partial charge in [-0.05, 0) is 0 Å². The molecule has 0 saturated heterocycles. The number of aromatic amines is 1. The molecule has 1 aromatic heterocycles. The third kappa shape index (κ3) is 2.92. The Kier molecular flexibility index (Phi) is 4.68. The standard InChI is InChI=1S/C8H12ClN2O4P/c1-14-16(13,15-2)5-8(12)6-4-10-11-7(6)3-9/h4H,3,5H2,1-2H3,(H,10,11). The summed E-state index contributed by atoms with van der Waals surface area (Å²) in [4.78, 5) is 11.8. The number of hydrogen-bond donors (Lipinski definition) is 1. The monoisotopic (exact) mass is 266 g/mol. The SMILES string of the molecule is COP(=O)(CC(=O)c1cn[nH]c1CCl)OC. The van der Waals surface area contributed by atoms with Gasteiger partial charge < -0.3 is 9.05 Å². The molecule has 1 N–H and O–H groups in total. The molecule has 0 fully saturated rings. The maximum Gasteiger partial charge on any atom is 0.337 e. The molecule has 0 bridgehead atoms. The van der Waals surface area contributed by atoms with Crippen molar-refractivity contribution in [2.45, 2.75) is 5.88 Å². The second kappa shape index (κ2) is 5.59. The molecule has 0 radical (unpaired) electrons. The quantitative estimate of drug-likeness (QED) is 0.482. The van der Waals surface area contributed by atoms with Crippen LogP contribution in [0.4, 0.5) is 0 Å². The maximum absolute atomic E-state index is 11.8. The van der Waals surface area contributed by atoms with E-state index in [1.54, 1.807) is 0 Å². The van der Waals surface area contributed by atoms with Crippen molar-refractivity contribution >= 4 is 25.0 Å². The fraction of sp³-hybridized carbons (Fsp3) is 0.500. The van der Waals surface area contributed by atoms with E-state index < -0.39 is 7.60 Å².